The quantitative estimate of drug-likeness (QED) is 0.401. The van der Waals surface area contributed by atoms with Crippen molar-refractivity contribution < 1.29 is 34.7 Å². The molecule has 4 N–H and O–H groups in total. The molecular weight excluding hydrogens is 464 g/mol. The van der Waals surface area contributed by atoms with Gasteiger partial charge in [0.05, 0.1) is 13.0 Å². The van der Waals surface area contributed by atoms with E-state index in [1.807, 2.05) is 41.3 Å². The lowest BCUT2D eigenvalue weighted by molar-refractivity contribution is -0.339. The minimum atomic E-state index is -1.68. The third-order valence-electron chi connectivity index (χ3n) is 6.93. The highest BCUT2D eigenvalue weighted by molar-refractivity contribution is 5.94. The highest BCUT2D eigenvalue weighted by atomic mass is 16.7. The van der Waals surface area contributed by atoms with Crippen molar-refractivity contribution in [1.82, 2.24) is 4.90 Å². The van der Waals surface area contributed by atoms with E-state index in [0.717, 1.165) is 44.6 Å². The van der Waals surface area contributed by atoms with E-state index in [1.54, 1.807) is 0 Å². The third-order valence-corrected chi connectivity index (χ3v) is 6.93. The van der Waals surface area contributed by atoms with E-state index in [1.165, 1.54) is 5.56 Å². The molecule has 36 heavy (non-hydrogen) atoms. The summed E-state index contributed by atoms with van der Waals surface area (Å²) < 4.78 is 10.5. The average Bonchev–Trinajstić information content (AvgIpc) is 2.91. The number of hydrogen-bond donors (Lipinski definition) is 4. The van der Waals surface area contributed by atoms with Gasteiger partial charge in [-0.05, 0) is 37.0 Å². The van der Waals surface area contributed by atoms with E-state index < -0.39 is 30.9 Å². The predicted octanol–water partition coefficient (Wildman–Crippen LogP) is 0.891. The van der Waals surface area contributed by atoms with Crippen molar-refractivity contribution in [2.24, 2.45) is 0 Å². The van der Waals surface area contributed by atoms with Gasteiger partial charge in [0.2, 0.25) is 5.91 Å². The van der Waals surface area contributed by atoms with Crippen LogP contribution in [0.15, 0.2) is 60.7 Å². The number of aliphatic hydroxyl groups excluding tert-OH is 4. The molecule has 5 atom stereocenters. The molecule has 0 saturated carbocycles. The van der Waals surface area contributed by atoms with Gasteiger partial charge in [0, 0.05) is 31.4 Å². The van der Waals surface area contributed by atoms with Crippen LogP contribution in [0.5, 0.6) is 0 Å². The smallest absolute Gasteiger partial charge is 0.229 e. The van der Waals surface area contributed by atoms with Gasteiger partial charge in [0.15, 0.2) is 12.6 Å². The van der Waals surface area contributed by atoms with E-state index >= 15 is 0 Å². The van der Waals surface area contributed by atoms with Gasteiger partial charge in [0.25, 0.3) is 0 Å². The van der Waals surface area contributed by atoms with Crippen LogP contribution in [0.3, 0.4) is 0 Å². The van der Waals surface area contributed by atoms with Crippen LogP contribution >= 0.6 is 0 Å². The SMILES string of the molecule is O=C(CCO[C@@H]1O[C@H](O)[C@@H](O)[C@H](O)[C@@H]1O)N(c1ccccc1)C1CCN(CCc2ccccc2)CC1. The van der Waals surface area contributed by atoms with Crippen LogP contribution < -0.4 is 4.90 Å². The zero-order chi connectivity index (χ0) is 25.5. The molecule has 0 spiro atoms. The Morgan fingerprint density at radius 3 is 2.22 bits per heavy atom. The standard InChI is InChI=1S/C27H36N2O7/c30-22(14-18-35-27-25(33)23(31)24(32)26(34)36-27)29(20-9-5-2-6-10-20)21-12-16-28(17-13-21)15-11-19-7-3-1-4-8-19/h1-10,21,23-27,31-34H,11-18H2/t23-,24-,25-,26-,27+/m0/s1. The molecule has 196 valence electrons. The first-order valence-corrected chi connectivity index (χ1v) is 12.6. The fourth-order valence-electron chi connectivity index (χ4n) is 4.83. The van der Waals surface area contributed by atoms with Crippen LogP contribution in [-0.4, -0.2) is 94.4 Å². The van der Waals surface area contributed by atoms with E-state index in [9.17, 15) is 25.2 Å². The fourth-order valence-corrected chi connectivity index (χ4v) is 4.83. The highest BCUT2D eigenvalue weighted by Gasteiger charge is 2.43. The lowest BCUT2D eigenvalue weighted by Crippen LogP contribution is -2.58. The van der Waals surface area contributed by atoms with Crippen LogP contribution in [0.1, 0.15) is 24.8 Å². The van der Waals surface area contributed by atoms with Crippen LogP contribution in [0.2, 0.25) is 0 Å². The summed E-state index contributed by atoms with van der Waals surface area (Å²) in [6.07, 6.45) is -5.06. The number of aliphatic hydroxyl groups is 4. The summed E-state index contributed by atoms with van der Waals surface area (Å²) in [5.41, 5.74) is 2.15. The van der Waals surface area contributed by atoms with Crippen molar-refractivity contribution in [3.63, 3.8) is 0 Å². The van der Waals surface area contributed by atoms with E-state index in [0.29, 0.717) is 0 Å². The summed E-state index contributed by atoms with van der Waals surface area (Å²) in [5, 5.41) is 39.2. The zero-order valence-electron chi connectivity index (χ0n) is 20.3. The van der Waals surface area contributed by atoms with Crippen LogP contribution in [0.25, 0.3) is 0 Å². The van der Waals surface area contributed by atoms with E-state index in [4.69, 9.17) is 9.47 Å². The summed E-state index contributed by atoms with van der Waals surface area (Å²) in [7, 11) is 0. The second kappa shape index (κ2) is 12.7. The minimum absolute atomic E-state index is 0.0322. The van der Waals surface area contributed by atoms with Crippen molar-refractivity contribution in [1.29, 1.82) is 0 Å². The molecule has 4 rings (SSSR count). The largest absolute Gasteiger partial charge is 0.387 e. The van der Waals surface area contributed by atoms with Crippen molar-refractivity contribution in [2.45, 2.75) is 62.6 Å². The topological polar surface area (TPSA) is 123 Å². The molecule has 2 saturated heterocycles. The number of nitrogens with zero attached hydrogens (tertiary/aromatic N) is 2. The number of hydrogen-bond acceptors (Lipinski definition) is 8. The van der Waals surface area contributed by atoms with E-state index in [-0.39, 0.29) is 25.0 Å². The number of anilines is 1. The van der Waals surface area contributed by atoms with Gasteiger partial charge < -0.3 is 39.7 Å². The first-order chi connectivity index (χ1) is 17.4. The summed E-state index contributed by atoms with van der Waals surface area (Å²) >= 11 is 0. The first kappa shape index (κ1) is 26.7. The predicted molar refractivity (Wildman–Crippen MR) is 133 cm³/mol. The van der Waals surface area contributed by atoms with Crippen molar-refractivity contribution in [3.8, 4) is 0 Å². The summed E-state index contributed by atoms with van der Waals surface area (Å²) in [6.45, 7) is 2.73. The molecule has 2 aliphatic heterocycles. The van der Waals surface area contributed by atoms with Gasteiger partial charge in [-0.1, -0.05) is 48.5 Å². The van der Waals surface area contributed by atoms with Gasteiger partial charge in [-0.3, -0.25) is 4.79 Å². The maximum atomic E-state index is 13.3. The monoisotopic (exact) mass is 500 g/mol. The molecule has 0 aliphatic carbocycles. The van der Waals surface area contributed by atoms with Gasteiger partial charge in [-0.25, -0.2) is 0 Å². The molecule has 2 fully saturated rings. The van der Waals surface area contributed by atoms with Crippen LogP contribution in [-0.2, 0) is 20.7 Å². The Bertz CT molecular complexity index is 940. The normalized spacial score (nSPS) is 27.6. The van der Waals surface area contributed by atoms with Gasteiger partial charge in [0.1, 0.15) is 18.3 Å². The summed E-state index contributed by atoms with van der Waals surface area (Å²) in [4.78, 5) is 17.6. The van der Waals surface area contributed by atoms with Gasteiger partial charge in [-0.15, -0.1) is 0 Å². The lowest BCUT2D eigenvalue weighted by atomic mass is 10.0. The molecule has 0 bridgehead atoms. The molecule has 2 aromatic carbocycles. The number of carbonyl (C=O) groups is 1. The fraction of sp³-hybridized carbons (Fsp3) is 0.519. The molecule has 9 heteroatoms. The Hall–Kier alpha value is -2.37. The Morgan fingerprint density at radius 2 is 1.56 bits per heavy atom. The summed E-state index contributed by atoms with van der Waals surface area (Å²) in [5.74, 6) is -0.115. The summed E-state index contributed by atoms with van der Waals surface area (Å²) in [6, 6.07) is 20.0. The second-order valence-corrected chi connectivity index (χ2v) is 9.40. The van der Waals surface area contributed by atoms with E-state index in [2.05, 4.69) is 29.2 Å². The van der Waals surface area contributed by atoms with Crippen molar-refractivity contribution in [2.75, 3.05) is 31.1 Å². The molecule has 2 aromatic rings. The Morgan fingerprint density at radius 1 is 0.917 bits per heavy atom. The average molecular weight is 501 g/mol. The molecule has 2 aliphatic rings. The third kappa shape index (κ3) is 6.68. The minimum Gasteiger partial charge on any atom is -0.387 e. The molecule has 9 nitrogen and oxygen atoms in total. The number of carbonyl (C=O) groups excluding carboxylic acids is 1. The van der Waals surface area contributed by atoms with Crippen molar-refractivity contribution in [3.05, 3.63) is 66.2 Å². The second-order valence-electron chi connectivity index (χ2n) is 9.40. The molecule has 0 unspecified atom stereocenters. The molecule has 0 aromatic heterocycles. The van der Waals surface area contributed by atoms with Gasteiger partial charge >= 0.3 is 0 Å². The number of amides is 1. The molecule has 2 heterocycles. The molecule has 0 radical (unpaired) electrons. The maximum Gasteiger partial charge on any atom is 0.229 e. The number of para-hydroxylation sites is 1. The first-order valence-electron chi connectivity index (χ1n) is 12.6. The lowest BCUT2D eigenvalue weighted by Gasteiger charge is -2.39. The number of benzene rings is 2. The molecular formula is C27H36N2O7. The van der Waals surface area contributed by atoms with Gasteiger partial charge in [-0.2, -0.15) is 0 Å². The number of rotatable bonds is 9. The van der Waals surface area contributed by atoms with Crippen LogP contribution in [0, 0.1) is 0 Å². The van der Waals surface area contributed by atoms with Crippen LogP contribution in [0.4, 0.5) is 5.69 Å². The van der Waals surface area contributed by atoms with Crippen molar-refractivity contribution >= 4 is 11.6 Å². The highest BCUT2D eigenvalue weighted by Crippen LogP contribution is 2.26. The number of ether oxygens (including phenoxy) is 2. The zero-order valence-corrected chi connectivity index (χ0v) is 20.3. The Balaban J connectivity index is 1.31. The number of piperidine rings is 1. The maximum absolute atomic E-state index is 13.3. The number of likely N-dealkylation sites (tertiary alicyclic amines) is 1. The Labute approximate surface area is 211 Å². The molecule has 1 amide bonds. The Kier molecular flexibility index (Phi) is 9.44.